The van der Waals surface area contributed by atoms with Gasteiger partial charge in [-0.05, 0) is 20.8 Å². The summed E-state index contributed by atoms with van der Waals surface area (Å²) in [4.78, 5) is 0. The Kier molecular flexibility index (Phi) is 27.8. The molecule has 7 heteroatoms. The van der Waals surface area contributed by atoms with Gasteiger partial charge in [0.25, 0.3) is 0 Å². The van der Waals surface area contributed by atoms with Gasteiger partial charge in [-0.3, -0.25) is 4.57 Å². The van der Waals surface area contributed by atoms with Crippen molar-refractivity contribution in [3.05, 3.63) is 6.93 Å². The molecular weight excluding hydrogens is 289 g/mol. The fourth-order valence-corrected chi connectivity index (χ4v) is 0.832. The van der Waals surface area contributed by atoms with Crippen LogP contribution in [0.15, 0.2) is 0 Å². The van der Waals surface area contributed by atoms with Crippen LogP contribution in [0.25, 0.3) is 0 Å². The van der Waals surface area contributed by atoms with Gasteiger partial charge in [-0.2, -0.15) is 0 Å². The first-order valence-electron chi connectivity index (χ1n) is 3.04. The molecule has 0 rings (SSSR count). The first kappa shape index (κ1) is 18.7. The van der Waals surface area contributed by atoms with Crippen molar-refractivity contribution in [1.82, 2.24) is 0 Å². The molecule has 0 aromatic carbocycles. The van der Waals surface area contributed by atoms with Crippen molar-refractivity contribution in [2.75, 3.05) is 13.2 Å². The van der Waals surface area contributed by atoms with Crippen molar-refractivity contribution >= 4 is 8.25 Å². The van der Waals surface area contributed by atoms with Crippen molar-refractivity contribution in [3.63, 3.8) is 0 Å². The van der Waals surface area contributed by atoms with Crippen LogP contribution in [0.5, 0.6) is 0 Å². The van der Waals surface area contributed by atoms with E-state index in [1.54, 1.807) is 13.8 Å². The third kappa shape index (κ3) is 22.4. The van der Waals surface area contributed by atoms with Crippen LogP contribution in [0.4, 0.5) is 8.78 Å². The molecule has 0 unspecified atom stereocenters. The Morgan fingerprint density at radius 2 is 1.50 bits per heavy atom. The van der Waals surface area contributed by atoms with Gasteiger partial charge in [0.1, 0.15) is 0 Å². The molecule has 0 aromatic heterocycles. The van der Waals surface area contributed by atoms with E-state index >= 15 is 0 Å². The predicted octanol–water partition coefficient (Wildman–Crippen LogP) is 2.49. The van der Waals surface area contributed by atoms with Crippen LogP contribution in [-0.4, -0.2) is 13.2 Å². The summed E-state index contributed by atoms with van der Waals surface area (Å²) < 4.78 is 38.6. The van der Waals surface area contributed by atoms with Crippen molar-refractivity contribution < 1.29 is 49.7 Å². The zero-order valence-corrected chi connectivity index (χ0v) is 12.2. The zero-order chi connectivity index (χ0) is 9.11. The minimum Gasteiger partial charge on any atom is -0.425 e. The smallest absolute Gasteiger partial charge is 0.319 e. The van der Waals surface area contributed by atoms with Gasteiger partial charge in [0.2, 0.25) is 0 Å². The van der Waals surface area contributed by atoms with E-state index in [-0.39, 0.29) is 27.3 Å². The molecule has 0 N–H and O–H groups in total. The van der Waals surface area contributed by atoms with Crippen LogP contribution in [0.1, 0.15) is 13.8 Å². The molecule has 0 atom stereocenters. The van der Waals surface area contributed by atoms with E-state index in [0.29, 0.717) is 13.2 Å². The first-order chi connectivity index (χ1) is 5.22. The second-order valence-electron chi connectivity index (χ2n) is 1.20. The topological polar surface area (TPSA) is 35.5 Å². The third-order valence-corrected chi connectivity index (χ3v) is 1.57. The van der Waals surface area contributed by atoms with Crippen LogP contribution < -0.4 is 0 Å². The molecule has 0 saturated carbocycles. The van der Waals surface area contributed by atoms with Crippen molar-refractivity contribution in [1.29, 1.82) is 0 Å². The third-order valence-electron chi connectivity index (χ3n) is 0.524. The molecule has 0 aliphatic carbocycles. The Labute approximate surface area is 91.9 Å². The van der Waals surface area contributed by atoms with Gasteiger partial charge in [0, 0.05) is 27.3 Å². The maximum Gasteiger partial charge on any atom is 0.319 e. The number of hydrogen-bond acceptors (Lipinski definition) is 3. The number of halogens is 2. The van der Waals surface area contributed by atoms with Gasteiger partial charge >= 0.3 is 8.25 Å². The summed E-state index contributed by atoms with van der Waals surface area (Å²) in [6.07, 6.45) is 0. The molecule has 0 radical (unpaired) electrons. The van der Waals surface area contributed by atoms with Crippen LogP contribution in [0, 0.1) is 6.93 Å². The Bertz CT molecular complexity index is 88.8. The van der Waals surface area contributed by atoms with Crippen LogP contribution in [0.3, 0.4) is 0 Å². The first-order valence-corrected chi connectivity index (χ1v) is 4.27. The standard InChI is InChI=1S/C4H11O3P.CHF2.Cd/c1-3-6-8(5)7-4-2;2-1-3;/h8H,3-4H2,1-2H3;1H;/q;-1;. The SMILES string of the molecule is CCO[PH](=O)OCC.F[CH-]F.[Cd]. The van der Waals surface area contributed by atoms with E-state index in [1.807, 2.05) is 0 Å². The maximum atomic E-state index is 10.4. The Hall–Kier alpha value is 0.932. The molecular formula is C5H12CdF2O3P-. The van der Waals surface area contributed by atoms with Crippen molar-refractivity contribution in [2.45, 2.75) is 13.8 Å². The molecule has 0 aliphatic heterocycles. The fourth-order valence-electron chi connectivity index (χ4n) is 0.277. The van der Waals surface area contributed by atoms with E-state index in [4.69, 9.17) is 0 Å². The molecule has 0 aromatic rings. The van der Waals surface area contributed by atoms with E-state index < -0.39 is 15.2 Å². The predicted molar refractivity (Wildman–Crippen MR) is 38.8 cm³/mol. The van der Waals surface area contributed by atoms with E-state index in [2.05, 4.69) is 9.05 Å². The summed E-state index contributed by atoms with van der Waals surface area (Å²) in [6.45, 7) is 3.47. The molecule has 0 heterocycles. The average Bonchev–Trinajstić information content (AvgIpc) is 1.90. The Morgan fingerprint density at radius 3 is 1.67 bits per heavy atom. The maximum absolute atomic E-state index is 10.4. The summed E-state index contributed by atoms with van der Waals surface area (Å²) in [6, 6.07) is 0. The second kappa shape index (κ2) is 17.9. The van der Waals surface area contributed by atoms with Gasteiger partial charge < -0.3 is 17.8 Å². The largest absolute Gasteiger partial charge is 0.425 e. The molecule has 12 heavy (non-hydrogen) atoms. The summed E-state index contributed by atoms with van der Waals surface area (Å²) in [7, 11) is -2.14. The van der Waals surface area contributed by atoms with Crippen LogP contribution >= 0.6 is 8.25 Å². The molecule has 0 amide bonds. The van der Waals surface area contributed by atoms with Gasteiger partial charge in [-0.25, -0.2) is 0 Å². The monoisotopic (exact) mass is 303 g/mol. The summed E-state index contributed by atoms with van der Waals surface area (Å²) in [5.74, 6) is 0. The Balaban J connectivity index is -0.000000177. The fraction of sp³-hybridized carbons (Fsp3) is 0.800. The normalized spacial score (nSPS) is 8.42. The van der Waals surface area contributed by atoms with E-state index in [0.717, 1.165) is 0 Å². The van der Waals surface area contributed by atoms with E-state index in [9.17, 15) is 13.3 Å². The number of rotatable bonds is 4. The summed E-state index contributed by atoms with van der Waals surface area (Å²) >= 11 is 0. The average molecular weight is 302 g/mol. The molecule has 0 fully saturated rings. The van der Waals surface area contributed by atoms with Gasteiger partial charge in [0.15, 0.2) is 0 Å². The van der Waals surface area contributed by atoms with Gasteiger partial charge in [-0.15, -0.1) is 0 Å². The molecule has 0 saturated heterocycles. The van der Waals surface area contributed by atoms with Crippen LogP contribution in [0.2, 0.25) is 0 Å². The second-order valence-corrected chi connectivity index (χ2v) is 2.28. The molecule has 3 nitrogen and oxygen atoms in total. The molecule has 0 spiro atoms. The quantitative estimate of drug-likeness (QED) is 0.455. The molecule has 0 bridgehead atoms. The zero-order valence-electron chi connectivity index (χ0n) is 7.18. The number of hydrogen-bond donors (Lipinski definition) is 0. The Morgan fingerprint density at radius 1 is 1.25 bits per heavy atom. The summed E-state index contributed by atoms with van der Waals surface area (Å²) in [5.41, 5.74) is 0. The van der Waals surface area contributed by atoms with Crippen molar-refractivity contribution in [3.8, 4) is 0 Å². The van der Waals surface area contributed by atoms with Crippen LogP contribution in [-0.2, 0) is 40.9 Å². The van der Waals surface area contributed by atoms with Crippen molar-refractivity contribution in [2.24, 2.45) is 0 Å². The van der Waals surface area contributed by atoms with Gasteiger partial charge in [0.05, 0.1) is 13.2 Å². The molecule has 72 valence electrons. The summed E-state index contributed by atoms with van der Waals surface area (Å²) in [5, 5.41) is 0. The van der Waals surface area contributed by atoms with Gasteiger partial charge in [-0.1, -0.05) is 0 Å². The molecule has 0 aliphatic rings. The van der Waals surface area contributed by atoms with E-state index in [1.165, 1.54) is 0 Å². The minimum absolute atomic E-state index is 0. The minimum atomic E-state index is -2.14.